The summed E-state index contributed by atoms with van der Waals surface area (Å²) in [5.41, 5.74) is 4.21. The topological polar surface area (TPSA) is 61.7 Å². The Morgan fingerprint density at radius 1 is 1.19 bits per heavy atom. The van der Waals surface area contributed by atoms with Crippen molar-refractivity contribution in [2.45, 2.75) is 31.8 Å². The van der Waals surface area contributed by atoms with Gasteiger partial charge in [0.15, 0.2) is 12.4 Å². The molecule has 2 heterocycles. The molecule has 5 nitrogen and oxygen atoms in total. The average Bonchev–Trinajstić information content (AvgIpc) is 3.31. The lowest BCUT2D eigenvalue weighted by molar-refractivity contribution is -0.684. The third-order valence-electron chi connectivity index (χ3n) is 4.29. The van der Waals surface area contributed by atoms with Crippen LogP contribution in [0.15, 0.2) is 60.9 Å². The Labute approximate surface area is 163 Å². The Morgan fingerprint density at radius 3 is 2.77 bits per heavy atom. The fourth-order valence-electron chi connectivity index (χ4n) is 2.85. The number of benzene rings is 1. The van der Waals surface area contributed by atoms with Crippen LogP contribution in [0.1, 0.15) is 24.1 Å². The highest BCUT2D eigenvalue weighted by molar-refractivity contribution is 5.75. The van der Waals surface area contributed by atoms with Gasteiger partial charge in [-0.05, 0) is 30.5 Å². The largest absolute Gasteiger partial charge is 1.00 e. The van der Waals surface area contributed by atoms with Crippen molar-refractivity contribution in [1.82, 2.24) is 15.5 Å². The summed E-state index contributed by atoms with van der Waals surface area (Å²) in [4.78, 5) is 12.0. The summed E-state index contributed by atoms with van der Waals surface area (Å²) in [5.74, 6) is 0.0662. The summed E-state index contributed by atoms with van der Waals surface area (Å²) in [6.07, 6.45) is 6.91. The second-order valence-electron chi connectivity index (χ2n) is 6.55. The highest BCUT2D eigenvalue weighted by Crippen LogP contribution is 2.19. The number of carbonyl (C=O) groups is 1. The summed E-state index contributed by atoms with van der Waals surface area (Å²) < 4.78 is 1.90. The molecule has 1 aliphatic carbocycles. The first-order valence-corrected chi connectivity index (χ1v) is 8.63. The third kappa shape index (κ3) is 4.79. The quantitative estimate of drug-likeness (QED) is 0.522. The number of halogens is 1. The first-order valence-electron chi connectivity index (χ1n) is 8.63. The van der Waals surface area contributed by atoms with Crippen molar-refractivity contribution in [3.05, 3.63) is 72.2 Å². The van der Waals surface area contributed by atoms with Gasteiger partial charge in [0.25, 0.3) is 5.91 Å². The van der Waals surface area contributed by atoms with Crippen LogP contribution in [0, 0.1) is 0 Å². The molecule has 0 saturated heterocycles. The van der Waals surface area contributed by atoms with Crippen LogP contribution in [-0.2, 0) is 17.8 Å². The number of carbonyl (C=O) groups excluding carboxylic acids is 1. The van der Waals surface area contributed by atoms with Crippen molar-refractivity contribution in [3.8, 4) is 11.3 Å². The zero-order valence-electron chi connectivity index (χ0n) is 14.4. The molecule has 4 rings (SSSR count). The van der Waals surface area contributed by atoms with Gasteiger partial charge in [0.1, 0.15) is 0 Å². The van der Waals surface area contributed by atoms with E-state index in [2.05, 4.69) is 33.7 Å². The third-order valence-corrected chi connectivity index (χ3v) is 4.29. The molecule has 1 aliphatic rings. The fraction of sp³-hybridized carbons (Fsp3) is 0.250. The van der Waals surface area contributed by atoms with Gasteiger partial charge in [-0.3, -0.25) is 9.89 Å². The summed E-state index contributed by atoms with van der Waals surface area (Å²) >= 11 is 0. The van der Waals surface area contributed by atoms with Gasteiger partial charge in [-0.25, -0.2) is 0 Å². The zero-order chi connectivity index (χ0) is 17.1. The molecule has 26 heavy (non-hydrogen) atoms. The van der Waals surface area contributed by atoms with Crippen LogP contribution in [0.25, 0.3) is 11.3 Å². The van der Waals surface area contributed by atoms with Crippen LogP contribution in [0.5, 0.6) is 0 Å². The Bertz CT molecular complexity index is 874. The number of hydrogen-bond donors (Lipinski definition) is 2. The molecule has 0 radical (unpaired) electrons. The molecule has 1 aromatic carbocycles. The van der Waals surface area contributed by atoms with Gasteiger partial charge in [-0.2, -0.15) is 9.67 Å². The van der Waals surface area contributed by atoms with Crippen LogP contribution >= 0.6 is 0 Å². The molecule has 2 N–H and O–H groups in total. The van der Waals surface area contributed by atoms with Crippen molar-refractivity contribution in [2.24, 2.45) is 0 Å². The first-order chi connectivity index (χ1) is 12.3. The number of nitrogens with zero attached hydrogens (tertiary/aromatic N) is 2. The maximum atomic E-state index is 12.0. The van der Waals surface area contributed by atoms with Gasteiger partial charge in [-0.1, -0.05) is 30.3 Å². The number of hydrogen-bond acceptors (Lipinski definition) is 2. The van der Waals surface area contributed by atoms with E-state index in [1.54, 1.807) is 0 Å². The van der Waals surface area contributed by atoms with E-state index < -0.39 is 0 Å². The molecule has 134 valence electrons. The predicted molar refractivity (Wildman–Crippen MR) is 94.6 cm³/mol. The van der Waals surface area contributed by atoms with Gasteiger partial charge in [0, 0.05) is 24.2 Å². The number of aromatic amines is 1. The molecular weight excluding hydrogens is 392 g/mol. The molecule has 0 aliphatic heterocycles. The molecule has 0 atom stereocenters. The van der Waals surface area contributed by atoms with E-state index in [1.807, 2.05) is 47.3 Å². The molecule has 0 bridgehead atoms. The van der Waals surface area contributed by atoms with Crippen molar-refractivity contribution in [3.63, 3.8) is 0 Å². The minimum Gasteiger partial charge on any atom is -1.00 e. The van der Waals surface area contributed by atoms with E-state index >= 15 is 0 Å². The van der Waals surface area contributed by atoms with E-state index in [1.165, 1.54) is 5.56 Å². The Kier molecular flexibility index (Phi) is 5.83. The molecule has 2 aromatic heterocycles. The number of nitrogens with one attached hydrogen (secondary N) is 2. The maximum absolute atomic E-state index is 12.0. The van der Waals surface area contributed by atoms with E-state index in [-0.39, 0.29) is 22.9 Å². The molecule has 6 heteroatoms. The van der Waals surface area contributed by atoms with Gasteiger partial charge in [0.05, 0.1) is 11.3 Å². The molecule has 1 saturated carbocycles. The van der Waals surface area contributed by atoms with Crippen molar-refractivity contribution in [1.29, 1.82) is 0 Å². The predicted octanol–water partition coefficient (Wildman–Crippen LogP) is -0.762. The maximum Gasteiger partial charge on any atom is 0.286 e. The zero-order valence-corrected chi connectivity index (χ0v) is 15.9. The number of amides is 1. The number of pyridine rings is 1. The minimum absolute atomic E-state index is 0. The Morgan fingerprint density at radius 2 is 2.00 bits per heavy atom. The van der Waals surface area contributed by atoms with Crippen LogP contribution in [0.3, 0.4) is 0 Å². The normalized spacial score (nSPS) is 13.1. The molecular formula is C20H21BrN4O. The van der Waals surface area contributed by atoms with Crippen LogP contribution in [0.2, 0.25) is 0 Å². The lowest BCUT2D eigenvalue weighted by atomic mass is 10.1. The van der Waals surface area contributed by atoms with Crippen LogP contribution in [-0.4, -0.2) is 22.1 Å². The van der Waals surface area contributed by atoms with Gasteiger partial charge in [-0.15, -0.1) is 0 Å². The molecule has 1 fully saturated rings. The number of H-pyrrole nitrogens is 1. The second kappa shape index (κ2) is 8.27. The monoisotopic (exact) mass is 412 g/mol. The number of aromatic nitrogens is 3. The molecule has 0 spiro atoms. The van der Waals surface area contributed by atoms with E-state index in [0.717, 1.165) is 36.2 Å². The van der Waals surface area contributed by atoms with Crippen molar-refractivity contribution in [2.75, 3.05) is 0 Å². The molecule has 0 unspecified atom stereocenters. The van der Waals surface area contributed by atoms with Gasteiger partial charge in [0.2, 0.25) is 6.54 Å². The van der Waals surface area contributed by atoms with Crippen molar-refractivity contribution >= 4 is 5.91 Å². The van der Waals surface area contributed by atoms with E-state index in [0.29, 0.717) is 12.6 Å². The summed E-state index contributed by atoms with van der Waals surface area (Å²) in [5, 5.41) is 10.5. The molecule has 3 aromatic rings. The minimum atomic E-state index is 0. The Hall–Kier alpha value is -2.47. The second-order valence-corrected chi connectivity index (χ2v) is 6.55. The van der Waals surface area contributed by atoms with E-state index in [9.17, 15) is 4.79 Å². The smallest absolute Gasteiger partial charge is 0.286 e. The van der Waals surface area contributed by atoms with Gasteiger partial charge >= 0.3 is 0 Å². The van der Waals surface area contributed by atoms with Gasteiger partial charge < -0.3 is 22.3 Å². The highest BCUT2D eigenvalue weighted by Gasteiger charge is 2.24. The fourth-order valence-corrected chi connectivity index (χ4v) is 2.85. The highest BCUT2D eigenvalue weighted by atomic mass is 79.9. The lowest BCUT2D eigenvalue weighted by Crippen LogP contribution is -3.00. The number of rotatable bonds is 6. The lowest BCUT2D eigenvalue weighted by Gasteiger charge is -2.01. The SMILES string of the molecule is O=C(C[n+]1cccc(-c2cc(Cc3ccccc3)[nH]n2)c1)NC1CC1.[Br-]. The standard InChI is InChI=1S/C20H20N4O.BrH/c25-20(21-17-8-9-17)14-24-10-4-7-16(13-24)19-12-18(22-23-19)11-15-5-2-1-3-6-15;/h1-7,10,12-13,17H,8-9,11,14H2,(H-,21,22,23,25);1H. The Balaban J connectivity index is 0.00000196. The molecule has 1 amide bonds. The summed E-state index contributed by atoms with van der Waals surface area (Å²) in [6, 6.07) is 16.7. The van der Waals surface area contributed by atoms with E-state index in [4.69, 9.17) is 0 Å². The first kappa shape index (κ1) is 18.3. The van der Waals surface area contributed by atoms with Crippen LogP contribution in [0.4, 0.5) is 0 Å². The summed E-state index contributed by atoms with van der Waals surface area (Å²) in [7, 11) is 0. The van der Waals surface area contributed by atoms with Crippen molar-refractivity contribution < 1.29 is 26.3 Å². The van der Waals surface area contributed by atoms with Crippen LogP contribution < -0.4 is 26.9 Å². The summed E-state index contributed by atoms with van der Waals surface area (Å²) in [6.45, 7) is 0.339. The average molecular weight is 413 g/mol.